The van der Waals surface area contributed by atoms with Gasteiger partial charge in [0.15, 0.2) is 0 Å². The number of nitrogens with one attached hydrogen (secondary N) is 1. The number of likely N-dealkylation sites (N-methyl/N-ethyl adjacent to an activating group) is 1. The number of hydrogen-bond donors (Lipinski definition) is 1. The molecule has 2 amide bonds. The van der Waals surface area contributed by atoms with Crippen LogP contribution in [0.25, 0.3) is 0 Å². The van der Waals surface area contributed by atoms with E-state index in [-0.39, 0.29) is 18.4 Å². The molecule has 1 aliphatic heterocycles. The number of amides is 2. The van der Waals surface area contributed by atoms with Crippen molar-refractivity contribution < 1.29 is 9.59 Å². The molecule has 15 heavy (non-hydrogen) atoms. The number of piperazine rings is 1. The lowest BCUT2D eigenvalue weighted by Crippen LogP contribution is -2.62. The summed E-state index contributed by atoms with van der Waals surface area (Å²) in [7, 11) is 3.39. The molecule has 0 bridgehead atoms. The van der Waals surface area contributed by atoms with E-state index in [1.165, 1.54) is 4.90 Å². The fourth-order valence-electron chi connectivity index (χ4n) is 1.53. The second-order valence-corrected chi connectivity index (χ2v) is 4.57. The molecule has 0 spiro atoms. The highest BCUT2D eigenvalue weighted by molar-refractivity contribution is 5.90. The molecule has 0 aromatic rings. The zero-order chi connectivity index (χ0) is 11.6. The summed E-state index contributed by atoms with van der Waals surface area (Å²) in [6.45, 7) is 5.18. The van der Waals surface area contributed by atoms with Gasteiger partial charge in [-0.2, -0.15) is 0 Å². The lowest BCUT2D eigenvalue weighted by Gasteiger charge is -2.38. The normalized spacial score (nSPS) is 20.3. The van der Waals surface area contributed by atoms with E-state index < -0.39 is 5.54 Å². The molecule has 1 fully saturated rings. The Kier molecular flexibility index (Phi) is 3.34. The van der Waals surface area contributed by atoms with Crippen molar-refractivity contribution in [1.29, 1.82) is 0 Å². The maximum Gasteiger partial charge on any atom is 0.242 e. The molecule has 5 nitrogen and oxygen atoms in total. The first kappa shape index (κ1) is 12.0. The molecule has 1 aliphatic rings. The summed E-state index contributed by atoms with van der Waals surface area (Å²) < 4.78 is 0. The minimum absolute atomic E-state index is 0.0102. The molecule has 0 aromatic carbocycles. The molecule has 0 aliphatic carbocycles. The maximum atomic E-state index is 11.9. The van der Waals surface area contributed by atoms with E-state index in [1.54, 1.807) is 19.0 Å². The Bertz CT molecular complexity index is 274. The first-order chi connectivity index (χ1) is 6.84. The Morgan fingerprint density at radius 1 is 1.53 bits per heavy atom. The number of carbonyl (C=O) groups excluding carboxylic acids is 2. The Morgan fingerprint density at radius 3 is 2.67 bits per heavy atom. The predicted octanol–water partition coefficient (Wildman–Crippen LogP) is -0.715. The van der Waals surface area contributed by atoms with Crippen molar-refractivity contribution in [3.63, 3.8) is 0 Å². The Labute approximate surface area is 90.4 Å². The lowest BCUT2D eigenvalue weighted by molar-refractivity contribution is -0.145. The topological polar surface area (TPSA) is 52.7 Å². The monoisotopic (exact) mass is 213 g/mol. The zero-order valence-electron chi connectivity index (χ0n) is 9.83. The average Bonchev–Trinajstić information content (AvgIpc) is 2.12. The fraction of sp³-hybridized carbons (Fsp3) is 0.800. The number of carbonyl (C=O) groups is 2. The van der Waals surface area contributed by atoms with Gasteiger partial charge >= 0.3 is 0 Å². The molecule has 0 atom stereocenters. The third-order valence-electron chi connectivity index (χ3n) is 2.60. The summed E-state index contributed by atoms with van der Waals surface area (Å²) in [5.41, 5.74) is -0.551. The molecule has 1 rings (SSSR count). The Hall–Kier alpha value is -1.10. The van der Waals surface area contributed by atoms with Crippen molar-refractivity contribution in [1.82, 2.24) is 15.1 Å². The quantitative estimate of drug-likeness (QED) is 0.659. The summed E-state index contributed by atoms with van der Waals surface area (Å²) in [6.07, 6.45) is 0. The highest BCUT2D eigenvalue weighted by Crippen LogP contribution is 2.11. The molecule has 0 saturated carbocycles. The summed E-state index contributed by atoms with van der Waals surface area (Å²) in [5, 5.41) is 3.12. The Morgan fingerprint density at radius 2 is 2.13 bits per heavy atom. The van der Waals surface area contributed by atoms with Crippen molar-refractivity contribution in [2.24, 2.45) is 0 Å². The van der Waals surface area contributed by atoms with Crippen molar-refractivity contribution >= 4 is 11.8 Å². The molecule has 86 valence electrons. The first-order valence-corrected chi connectivity index (χ1v) is 5.09. The van der Waals surface area contributed by atoms with Gasteiger partial charge in [0.05, 0.1) is 12.1 Å². The van der Waals surface area contributed by atoms with Crippen LogP contribution in [0.15, 0.2) is 0 Å². The van der Waals surface area contributed by atoms with Gasteiger partial charge < -0.3 is 15.1 Å². The molecule has 0 aromatic heterocycles. The van der Waals surface area contributed by atoms with Crippen molar-refractivity contribution in [2.45, 2.75) is 19.4 Å². The van der Waals surface area contributed by atoms with E-state index in [0.717, 1.165) is 6.54 Å². The number of nitrogens with zero attached hydrogens (tertiary/aromatic N) is 2. The molecular formula is C10H19N3O2. The standard InChI is InChI=1S/C10H19N3O2/c1-10(2)9(15)13(6-5-11-10)7-8(14)12(3)4/h11H,5-7H2,1-4H3. The summed E-state index contributed by atoms with van der Waals surface area (Å²) >= 11 is 0. The van der Waals surface area contributed by atoms with E-state index in [9.17, 15) is 9.59 Å². The van der Waals surface area contributed by atoms with Gasteiger partial charge in [-0.05, 0) is 13.8 Å². The second kappa shape index (κ2) is 4.18. The van der Waals surface area contributed by atoms with Crippen LogP contribution in [-0.2, 0) is 9.59 Å². The van der Waals surface area contributed by atoms with Crippen LogP contribution in [0.5, 0.6) is 0 Å². The smallest absolute Gasteiger partial charge is 0.242 e. The van der Waals surface area contributed by atoms with Crippen LogP contribution in [0.1, 0.15) is 13.8 Å². The minimum Gasteiger partial charge on any atom is -0.347 e. The molecule has 5 heteroatoms. The highest BCUT2D eigenvalue weighted by Gasteiger charge is 2.35. The number of rotatable bonds is 2. The van der Waals surface area contributed by atoms with Gasteiger partial charge in [-0.1, -0.05) is 0 Å². The van der Waals surface area contributed by atoms with E-state index >= 15 is 0 Å². The van der Waals surface area contributed by atoms with Gasteiger partial charge in [0, 0.05) is 27.2 Å². The molecular weight excluding hydrogens is 194 g/mol. The fourth-order valence-corrected chi connectivity index (χ4v) is 1.53. The van der Waals surface area contributed by atoms with Crippen LogP contribution in [-0.4, -0.2) is 60.9 Å². The second-order valence-electron chi connectivity index (χ2n) is 4.57. The lowest BCUT2D eigenvalue weighted by atomic mass is 10.0. The average molecular weight is 213 g/mol. The van der Waals surface area contributed by atoms with E-state index in [1.807, 2.05) is 13.8 Å². The van der Waals surface area contributed by atoms with Crippen molar-refractivity contribution in [2.75, 3.05) is 33.7 Å². The van der Waals surface area contributed by atoms with Crippen LogP contribution >= 0.6 is 0 Å². The first-order valence-electron chi connectivity index (χ1n) is 5.09. The van der Waals surface area contributed by atoms with Gasteiger partial charge in [-0.3, -0.25) is 9.59 Å². The van der Waals surface area contributed by atoms with Crippen LogP contribution in [0.3, 0.4) is 0 Å². The summed E-state index contributed by atoms with van der Waals surface area (Å²) in [6, 6.07) is 0. The van der Waals surface area contributed by atoms with Gasteiger partial charge in [-0.25, -0.2) is 0 Å². The maximum absolute atomic E-state index is 11.9. The van der Waals surface area contributed by atoms with E-state index in [0.29, 0.717) is 6.54 Å². The van der Waals surface area contributed by atoms with Crippen LogP contribution in [0.4, 0.5) is 0 Å². The molecule has 1 heterocycles. The zero-order valence-corrected chi connectivity index (χ0v) is 9.83. The van der Waals surface area contributed by atoms with Crippen molar-refractivity contribution in [3.8, 4) is 0 Å². The highest BCUT2D eigenvalue weighted by atomic mass is 16.2. The minimum atomic E-state index is -0.551. The molecule has 0 radical (unpaired) electrons. The van der Waals surface area contributed by atoms with Gasteiger partial charge in [0.25, 0.3) is 0 Å². The third kappa shape index (κ3) is 2.68. The van der Waals surface area contributed by atoms with Crippen LogP contribution in [0, 0.1) is 0 Å². The Balaban J connectivity index is 2.63. The predicted molar refractivity (Wildman–Crippen MR) is 57.4 cm³/mol. The van der Waals surface area contributed by atoms with Crippen LogP contribution in [0.2, 0.25) is 0 Å². The molecule has 1 saturated heterocycles. The van der Waals surface area contributed by atoms with Crippen molar-refractivity contribution in [3.05, 3.63) is 0 Å². The van der Waals surface area contributed by atoms with Crippen LogP contribution < -0.4 is 5.32 Å². The van der Waals surface area contributed by atoms with E-state index in [4.69, 9.17) is 0 Å². The third-order valence-corrected chi connectivity index (χ3v) is 2.60. The molecule has 0 unspecified atom stereocenters. The van der Waals surface area contributed by atoms with E-state index in [2.05, 4.69) is 5.32 Å². The van der Waals surface area contributed by atoms with Gasteiger partial charge in [0.2, 0.25) is 11.8 Å². The largest absolute Gasteiger partial charge is 0.347 e. The molecule has 1 N–H and O–H groups in total. The SMILES string of the molecule is CN(C)C(=O)CN1CCNC(C)(C)C1=O. The summed E-state index contributed by atoms with van der Waals surface area (Å²) in [4.78, 5) is 26.5. The summed E-state index contributed by atoms with van der Waals surface area (Å²) in [5.74, 6) is -0.0509. The van der Waals surface area contributed by atoms with Gasteiger partial charge in [-0.15, -0.1) is 0 Å². The van der Waals surface area contributed by atoms with Gasteiger partial charge in [0.1, 0.15) is 0 Å². The number of hydrogen-bond acceptors (Lipinski definition) is 3.